The number of aryl methyl sites for hydroxylation is 1. The molecular formula is C11H8ClF7N2O. The second kappa shape index (κ2) is 5.56. The number of aromatic nitrogens is 1. The highest BCUT2D eigenvalue weighted by atomic mass is 35.5. The molecule has 3 nitrogen and oxygen atoms in total. The maximum Gasteiger partial charge on any atom is 0.460 e. The van der Waals surface area contributed by atoms with E-state index in [4.69, 9.17) is 11.6 Å². The van der Waals surface area contributed by atoms with Crippen molar-refractivity contribution in [1.82, 2.24) is 4.98 Å². The van der Waals surface area contributed by atoms with Crippen LogP contribution in [0.15, 0.2) is 12.1 Å². The summed E-state index contributed by atoms with van der Waals surface area (Å²) >= 11 is 5.51. The van der Waals surface area contributed by atoms with Crippen LogP contribution < -0.4 is 4.90 Å². The molecule has 1 amide bonds. The molecule has 0 aliphatic carbocycles. The lowest BCUT2D eigenvalue weighted by atomic mass is 10.1. The van der Waals surface area contributed by atoms with E-state index in [9.17, 15) is 35.5 Å². The van der Waals surface area contributed by atoms with E-state index in [1.165, 1.54) is 6.92 Å². The van der Waals surface area contributed by atoms with Gasteiger partial charge in [0.1, 0.15) is 5.15 Å². The highest BCUT2D eigenvalue weighted by Crippen LogP contribution is 2.47. The third-order valence-electron chi connectivity index (χ3n) is 2.62. The fourth-order valence-corrected chi connectivity index (χ4v) is 1.69. The Bertz CT molecular complexity index is 568. The summed E-state index contributed by atoms with van der Waals surface area (Å²) in [6.45, 7) is 1.36. The molecular weight excluding hydrogens is 345 g/mol. The summed E-state index contributed by atoms with van der Waals surface area (Å²) < 4.78 is 88.5. The first kappa shape index (κ1) is 18.5. The topological polar surface area (TPSA) is 33.2 Å². The molecule has 0 unspecified atom stereocenters. The molecule has 0 atom stereocenters. The van der Waals surface area contributed by atoms with Gasteiger partial charge >= 0.3 is 23.9 Å². The molecule has 0 aliphatic heterocycles. The van der Waals surface area contributed by atoms with Gasteiger partial charge in [0.25, 0.3) is 0 Å². The van der Waals surface area contributed by atoms with Crippen molar-refractivity contribution < 1.29 is 35.5 Å². The van der Waals surface area contributed by atoms with Gasteiger partial charge < -0.3 is 4.90 Å². The third-order valence-corrected chi connectivity index (χ3v) is 2.81. The first-order chi connectivity index (χ1) is 9.71. The summed E-state index contributed by atoms with van der Waals surface area (Å²) in [6, 6.07) is 1.89. The van der Waals surface area contributed by atoms with Gasteiger partial charge in [0.15, 0.2) is 0 Å². The van der Waals surface area contributed by atoms with Gasteiger partial charge in [-0.05, 0) is 19.1 Å². The predicted octanol–water partition coefficient (Wildman–Crippen LogP) is 3.84. The number of anilines is 1. The van der Waals surface area contributed by atoms with Gasteiger partial charge in [0, 0.05) is 18.4 Å². The van der Waals surface area contributed by atoms with Crippen LogP contribution in [0.5, 0.6) is 0 Å². The molecule has 1 aromatic rings. The van der Waals surface area contributed by atoms with Crippen LogP contribution in [0.2, 0.25) is 5.15 Å². The van der Waals surface area contributed by atoms with Crippen LogP contribution in [-0.4, -0.2) is 36.0 Å². The van der Waals surface area contributed by atoms with Crippen LogP contribution >= 0.6 is 11.6 Å². The molecule has 0 aliphatic rings. The zero-order chi connectivity index (χ0) is 17.5. The van der Waals surface area contributed by atoms with Crippen molar-refractivity contribution in [1.29, 1.82) is 0 Å². The molecule has 0 saturated carbocycles. The van der Waals surface area contributed by atoms with Gasteiger partial charge in [-0.25, -0.2) is 4.98 Å². The van der Waals surface area contributed by atoms with E-state index < -0.39 is 29.6 Å². The summed E-state index contributed by atoms with van der Waals surface area (Å²) in [7, 11) is 0.619. The SMILES string of the molecule is Cc1cc(N(C)C(=O)C(F)(F)C(F)(F)C(F)(F)F)cc(Cl)n1. The molecule has 0 N–H and O–H groups in total. The number of alkyl halides is 7. The van der Waals surface area contributed by atoms with E-state index in [0.29, 0.717) is 7.05 Å². The molecule has 0 bridgehead atoms. The van der Waals surface area contributed by atoms with E-state index in [-0.39, 0.29) is 15.7 Å². The minimum Gasteiger partial charge on any atom is -0.310 e. The zero-order valence-corrected chi connectivity index (χ0v) is 11.7. The molecule has 124 valence electrons. The largest absolute Gasteiger partial charge is 0.460 e. The summed E-state index contributed by atoms with van der Waals surface area (Å²) in [5, 5.41) is -0.249. The van der Waals surface area contributed by atoms with Crippen LogP contribution in [0.4, 0.5) is 36.4 Å². The van der Waals surface area contributed by atoms with Crippen LogP contribution in [0.25, 0.3) is 0 Å². The van der Waals surface area contributed by atoms with Crippen LogP contribution in [0, 0.1) is 6.92 Å². The Labute approximate surface area is 124 Å². The summed E-state index contributed by atoms with van der Waals surface area (Å²) in [6.07, 6.45) is -6.58. The maximum absolute atomic E-state index is 13.3. The van der Waals surface area contributed by atoms with Crippen molar-refractivity contribution in [2.75, 3.05) is 11.9 Å². The highest BCUT2D eigenvalue weighted by molar-refractivity contribution is 6.29. The number of carbonyl (C=O) groups excluding carboxylic acids is 1. The second-order valence-corrected chi connectivity index (χ2v) is 4.69. The Morgan fingerprint density at radius 3 is 2.05 bits per heavy atom. The molecule has 0 aromatic carbocycles. The van der Waals surface area contributed by atoms with Crippen molar-refractivity contribution in [3.05, 3.63) is 23.0 Å². The predicted molar refractivity (Wildman–Crippen MR) is 63.3 cm³/mol. The van der Waals surface area contributed by atoms with Crippen molar-refractivity contribution in [3.63, 3.8) is 0 Å². The number of carbonyl (C=O) groups is 1. The number of pyridine rings is 1. The number of amides is 1. The lowest BCUT2D eigenvalue weighted by Crippen LogP contribution is -2.59. The summed E-state index contributed by atoms with van der Waals surface area (Å²) in [4.78, 5) is 15.0. The van der Waals surface area contributed by atoms with Crippen molar-refractivity contribution >= 4 is 23.2 Å². The number of rotatable bonds is 3. The standard InChI is InChI=1S/C11H8ClF7N2O/c1-5-3-6(4-7(12)20-5)21(2)8(22)9(13,14)10(15,16)11(17,18)19/h3-4H,1-2H3. The molecule has 11 heteroatoms. The normalized spacial score (nSPS) is 13.2. The van der Waals surface area contributed by atoms with Crippen LogP contribution in [0.1, 0.15) is 5.69 Å². The van der Waals surface area contributed by atoms with Crippen molar-refractivity contribution in [2.45, 2.75) is 24.9 Å². The number of hydrogen-bond donors (Lipinski definition) is 0. The first-order valence-electron chi connectivity index (χ1n) is 5.46. The molecule has 0 radical (unpaired) electrons. The average molecular weight is 353 g/mol. The Balaban J connectivity index is 3.23. The van der Waals surface area contributed by atoms with Gasteiger partial charge in [-0.2, -0.15) is 30.7 Å². The van der Waals surface area contributed by atoms with Gasteiger partial charge in [0.2, 0.25) is 0 Å². The van der Waals surface area contributed by atoms with Crippen molar-refractivity contribution in [3.8, 4) is 0 Å². The maximum atomic E-state index is 13.3. The smallest absolute Gasteiger partial charge is 0.310 e. The molecule has 0 saturated heterocycles. The number of halogens is 8. The number of hydrogen-bond acceptors (Lipinski definition) is 2. The fourth-order valence-electron chi connectivity index (χ4n) is 1.44. The summed E-state index contributed by atoms with van der Waals surface area (Å²) in [5.41, 5.74) is -0.256. The average Bonchev–Trinajstić information content (AvgIpc) is 2.34. The monoisotopic (exact) mass is 352 g/mol. The third kappa shape index (κ3) is 3.11. The zero-order valence-electron chi connectivity index (χ0n) is 11.0. The quantitative estimate of drug-likeness (QED) is 0.612. The van der Waals surface area contributed by atoms with E-state index in [0.717, 1.165) is 12.1 Å². The van der Waals surface area contributed by atoms with Crippen LogP contribution in [0.3, 0.4) is 0 Å². The van der Waals surface area contributed by atoms with Gasteiger partial charge in [-0.3, -0.25) is 4.79 Å². The lowest BCUT2D eigenvalue weighted by molar-refractivity contribution is -0.343. The molecule has 1 heterocycles. The lowest BCUT2D eigenvalue weighted by Gasteiger charge is -2.30. The second-order valence-electron chi connectivity index (χ2n) is 4.30. The Kier molecular flexibility index (Phi) is 4.67. The minimum absolute atomic E-state index is 0.0415. The van der Waals surface area contributed by atoms with Crippen LogP contribution in [-0.2, 0) is 4.79 Å². The minimum atomic E-state index is -6.58. The van der Waals surface area contributed by atoms with Gasteiger partial charge in [-0.15, -0.1) is 0 Å². The Morgan fingerprint density at radius 2 is 1.64 bits per heavy atom. The van der Waals surface area contributed by atoms with E-state index in [1.807, 2.05) is 0 Å². The van der Waals surface area contributed by atoms with Crippen molar-refractivity contribution in [2.24, 2.45) is 0 Å². The summed E-state index contributed by atoms with van der Waals surface area (Å²) in [5.74, 6) is -15.2. The molecule has 1 rings (SSSR count). The van der Waals surface area contributed by atoms with Gasteiger partial charge in [-0.1, -0.05) is 11.6 Å². The molecule has 0 spiro atoms. The molecule has 0 fully saturated rings. The Hall–Kier alpha value is -1.58. The van der Waals surface area contributed by atoms with Gasteiger partial charge in [0.05, 0.1) is 0 Å². The van der Waals surface area contributed by atoms with E-state index in [1.54, 1.807) is 0 Å². The Morgan fingerprint density at radius 1 is 1.14 bits per heavy atom. The molecule has 22 heavy (non-hydrogen) atoms. The fraction of sp³-hybridized carbons (Fsp3) is 0.455. The number of nitrogens with zero attached hydrogens (tertiary/aromatic N) is 2. The van der Waals surface area contributed by atoms with E-state index in [2.05, 4.69) is 4.98 Å². The van der Waals surface area contributed by atoms with E-state index >= 15 is 0 Å². The first-order valence-corrected chi connectivity index (χ1v) is 5.84. The molecule has 1 aromatic heterocycles. The highest BCUT2D eigenvalue weighted by Gasteiger charge is 2.76.